The van der Waals surface area contributed by atoms with Crippen LogP contribution in [0.5, 0.6) is 0 Å². The van der Waals surface area contributed by atoms with Gasteiger partial charge in [-0.05, 0) is 42.5 Å². The number of halogens is 1. The van der Waals surface area contributed by atoms with Crippen LogP contribution in [0, 0.1) is 0 Å². The van der Waals surface area contributed by atoms with E-state index in [4.69, 9.17) is 16.0 Å². The van der Waals surface area contributed by atoms with Crippen LogP contribution >= 0.6 is 11.6 Å². The molecule has 3 aromatic rings. The first-order valence-corrected chi connectivity index (χ1v) is 7.37. The summed E-state index contributed by atoms with van der Waals surface area (Å²) in [6, 6.07) is 11.2. The molecule has 2 N–H and O–H groups in total. The lowest BCUT2D eigenvalue weighted by Gasteiger charge is -2.11. The molecule has 3 rings (SSSR count). The summed E-state index contributed by atoms with van der Waals surface area (Å²) in [6.45, 7) is 0. The number of aromatic nitrogens is 1. The van der Waals surface area contributed by atoms with Gasteiger partial charge in [0.2, 0.25) is 0 Å². The third-order valence-electron chi connectivity index (χ3n) is 3.14. The van der Waals surface area contributed by atoms with E-state index in [9.17, 15) is 9.59 Å². The predicted octanol–water partition coefficient (Wildman–Crippen LogP) is 3.83. The molecule has 0 spiro atoms. The Hall–Kier alpha value is -3.12. The van der Waals surface area contributed by atoms with E-state index in [1.54, 1.807) is 36.5 Å². The van der Waals surface area contributed by atoms with Crippen LogP contribution in [0.15, 0.2) is 65.5 Å². The number of nitrogens with zero attached hydrogens (tertiary/aromatic N) is 1. The number of anilines is 2. The first-order valence-electron chi connectivity index (χ1n) is 6.99. The van der Waals surface area contributed by atoms with Gasteiger partial charge < -0.3 is 15.1 Å². The lowest BCUT2D eigenvalue weighted by atomic mass is 10.1. The second-order valence-electron chi connectivity index (χ2n) is 4.82. The van der Waals surface area contributed by atoms with Crippen molar-refractivity contribution in [3.63, 3.8) is 0 Å². The van der Waals surface area contributed by atoms with Crippen LogP contribution in [0.25, 0.3) is 0 Å². The maximum Gasteiger partial charge on any atom is 0.291 e. The van der Waals surface area contributed by atoms with Gasteiger partial charge in [-0.15, -0.1) is 0 Å². The molecule has 7 heteroatoms. The molecule has 120 valence electrons. The van der Waals surface area contributed by atoms with E-state index < -0.39 is 11.8 Å². The minimum absolute atomic E-state index is 0.142. The standard InChI is InChI=1S/C17H12ClN3O3/c18-11-5-6-14(21-17(23)15-4-2-8-24-15)13(9-11)16(22)20-12-3-1-7-19-10-12/h1-10H,(H,20,22)(H,21,23). The van der Waals surface area contributed by atoms with Crippen LogP contribution in [0.2, 0.25) is 5.02 Å². The van der Waals surface area contributed by atoms with Gasteiger partial charge in [-0.3, -0.25) is 14.6 Å². The summed E-state index contributed by atoms with van der Waals surface area (Å²) in [5, 5.41) is 5.72. The smallest absolute Gasteiger partial charge is 0.291 e. The fraction of sp³-hybridized carbons (Fsp3) is 0. The average molecular weight is 342 g/mol. The number of furan rings is 1. The minimum atomic E-state index is -0.460. The van der Waals surface area contributed by atoms with Gasteiger partial charge in [0.05, 0.1) is 29.4 Å². The van der Waals surface area contributed by atoms with Gasteiger partial charge in [0.1, 0.15) is 0 Å². The average Bonchev–Trinajstić information content (AvgIpc) is 3.12. The summed E-state index contributed by atoms with van der Waals surface area (Å²) < 4.78 is 5.04. The number of rotatable bonds is 4. The number of carbonyl (C=O) groups is 2. The lowest BCUT2D eigenvalue weighted by molar-refractivity contribution is 0.0996. The molecule has 0 bridgehead atoms. The van der Waals surface area contributed by atoms with Crippen LogP contribution in [0.4, 0.5) is 11.4 Å². The van der Waals surface area contributed by atoms with E-state index in [0.29, 0.717) is 16.4 Å². The van der Waals surface area contributed by atoms with Crippen molar-refractivity contribution in [1.82, 2.24) is 4.98 Å². The Balaban J connectivity index is 1.85. The zero-order chi connectivity index (χ0) is 16.9. The maximum atomic E-state index is 12.5. The molecule has 0 saturated carbocycles. The third kappa shape index (κ3) is 3.61. The van der Waals surface area contributed by atoms with Crippen molar-refractivity contribution >= 4 is 34.8 Å². The van der Waals surface area contributed by atoms with E-state index in [-0.39, 0.29) is 11.3 Å². The summed E-state index contributed by atoms with van der Waals surface area (Å²) in [7, 11) is 0. The van der Waals surface area contributed by atoms with E-state index >= 15 is 0 Å². The summed E-state index contributed by atoms with van der Waals surface area (Å²) in [4.78, 5) is 28.5. The summed E-state index contributed by atoms with van der Waals surface area (Å²) in [6.07, 6.45) is 4.51. The highest BCUT2D eigenvalue weighted by atomic mass is 35.5. The van der Waals surface area contributed by atoms with E-state index in [1.165, 1.54) is 24.6 Å². The summed E-state index contributed by atoms with van der Waals surface area (Å²) in [5.74, 6) is -0.735. The molecule has 0 saturated heterocycles. The highest BCUT2D eigenvalue weighted by Crippen LogP contribution is 2.22. The van der Waals surface area contributed by atoms with Crippen molar-refractivity contribution in [2.45, 2.75) is 0 Å². The molecule has 0 atom stereocenters. The molecule has 2 amide bonds. The van der Waals surface area contributed by atoms with Crippen LogP contribution in [-0.2, 0) is 0 Å². The van der Waals surface area contributed by atoms with Crippen LogP contribution in [0.1, 0.15) is 20.9 Å². The topological polar surface area (TPSA) is 84.2 Å². The fourth-order valence-electron chi connectivity index (χ4n) is 2.04. The number of hydrogen-bond acceptors (Lipinski definition) is 4. The van der Waals surface area contributed by atoms with Crippen molar-refractivity contribution in [3.8, 4) is 0 Å². The third-order valence-corrected chi connectivity index (χ3v) is 3.37. The quantitative estimate of drug-likeness (QED) is 0.755. The number of nitrogens with one attached hydrogen (secondary N) is 2. The van der Waals surface area contributed by atoms with Crippen LogP contribution in [-0.4, -0.2) is 16.8 Å². The minimum Gasteiger partial charge on any atom is -0.459 e. The molecule has 0 radical (unpaired) electrons. The van der Waals surface area contributed by atoms with Crippen LogP contribution < -0.4 is 10.6 Å². The predicted molar refractivity (Wildman–Crippen MR) is 90.3 cm³/mol. The molecule has 2 aromatic heterocycles. The van der Waals surface area contributed by atoms with Crippen molar-refractivity contribution < 1.29 is 14.0 Å². The van der Waals surface area contributed by atoms with Crippen LogP contribution in [0.3, 0.4) is 0 Å². The Morgan fingerprint density at radius 3 is 2.62 bits per heavy atom. The van der Waals surface area contributed by atoms with Gasteiger partial charge in [0, 0.05) is 11.2 Å². The first-order chi connectivity index (χ1) is 11.6. The Morgan fingerprint density at radius 1 is 1.04 bits per heavy atom. The number of amides is 2. The van der Waals surface area contributed by atoms with Crippen molar-refractivity contribution in [1.29, 1.82) is 0 Å². The largest absolute Gasteiger partial charge is 0.459 e. The molecule has 6 nitrogen and oxygen atoms in total. The Labute approximate surface area is 142 Å². The monoisotopic (exact) mass is 341 g/mol. The first kappa shape index (κ1) is 15.8. The van der Waals surface area contributed by atoms with Crippen molar-refractivity contribution in [3.05, 3.63) is 77.5 Å². The van der Waals surface area contributed by atoms with Crippen molar-refractivity contribution in [2.75, 3.05) is 10.6 Å². The Morgan fingerprint density at radius 2 is 1.92 bits per heavy atom. The number of pyridine rings is 1. The number of carbonyl (C=O) groups excluding carboxylic acids is 2. The van der Waals surface area contributed by atoms with Gasteiger partial charge in [-0.25, -0.2) is 0 Å². The number of hydrogen-bond donors (Lipinski definition) is 2. The molecule has 0 aliphatic heterocycles. The highest BCUT2D eigenvalue weighted by molar-refractivity contribution is 6.31. The van der Waals surface area contributed by atoms with Gasteiger partial charge in [0.25, 0.3) is 11.8 Å². The van der Waals surface area contributed by atoms with Crippen molar-refractivity contribution in [2.24, 2.45) is 0 Å². The maximum absolute atomic E-state index is 12.5. The summed E-state index contributed by atoms with van der Waals surface area (Å²) >= 11 is 5.98. The second kappa shape index (κ2) is 6.97. The normalized spacial score (nSPS) is 10.2. The lowest BCUT2D eigenvalue weighted by Crippen LogP contribution is -2.18. The van der Waals surface area contributed by atoms with Gasteiger partial charge in [0.15, 0.2) is 5.76 Å². The highest BCUT2D eigenvalue weighted by Gasteiger charge is 2.16. The molecule has 24 heavy (non-hydrogen) atoms. The number of benzene rings is 1. The molecule has 1 aromatic carbocycles. The fourth-order valence-corrected chi connectivity index (χ4v) is 2.21. The van der Waals surface area contributed by atoms with E-state index in [1.807, 2.05) is 0 Å². The van der Waals surface area contributed by atoms with Gasteiger partial charge >= 0.3 is 0 Å². The molecule has 0 unspecified atom stereocenters. The Kier molecular flexibility index (Phi) is 4.58. The van der Waals surface area contributed by atoms with Gasteiger partial charge in [-0.1, -0.05) is 11.6 Å². The molecular formula is C17H12ClN3O3. The Bertz CT molecular complexity index is 864. The molecule has 0 aliphatic rings. The second-order valence-corrected chi connectivity index (χ2v) is 5.25. The zero-order valence-corrected chi connectivity index (χ0v) is 13.1. The molecule has 2 heterocycles. The van der Waals surface area contributed by atoms with E-state index in [2.05, 4.69) is 15.6 Å². The van der Waals surface area contributed by atoms with E-state index in [0.717, 1.165) is 0 Å². The molecule has 0 aliphatic carbocycles. The molecular weight excluding hydrogens is 330 g/mol. The molecule has 0 fully saturated rings. The van der Waals surface area contributed by atoms with Gasteiger partial charge in [-0.2, -0.15) is 0 Å². The zero-order valence-electron chi connectivity index (χ0n) is 12.3. The summed E-state index contributed by atoms with van der Waals surface area (Å²) in [5.41, 5.74) is 1.08. The SMILES string of the molecule is O=C(Nc1ccc(Cl)cc1C(=O)Nc1cccnc1)c1ccco1.